The van der Waals surface area contributed by atoms with E-state index in [0.717, 1.165) is 32.1 Å². The van der Waals surface area contributed by atoms with Crippen molar-refractivity contribution in [3.8, 4) is 0 Å². The van der Waals surface area contributed by atoms with Gasteiger partial charge in [0.1, 0.15) is 23.2 Å². The summed E-state index contributed by atoms with van der Waals surface area (Å²) < 4.78 is 61.4. The molecule has 4 fully saturated rings. The zero-order valence-electron chi connectivity index (χ0n) is 31.9. The van der Waals surface area contributed by atoms with Crippen LogP contribution in [0.1, 0.15) is 107 Å². The van der Waals surface area contributed by atoms with Crippen LogP contribution in [0.15, 0.2) is 35.4 Å². The number of carbonyl (C=O) groups is 5. The molecule has 2 aliphatic carbocycles. The van der Waals surface area contributed by atoms with Gasteiger partial charge in [-0.15, -0.1) is 5.10 Å². The van der Waals surface area contributed by atoms with Gasteiger partial charge >= 0.3 is 0 Å². The number of nitrogens with two attached hydrogens (primary N) is 1. The maximum atomic E-state index is 14.8. The third-order valence-corrected chi connectivity index (χ3v) is 13.1. The number of ether oxygens (including phenoxy) is 1. The second kappa shape index (κ2) is 16.5. The molecule has 1 aromatic heterocycles. The van der Waals surface area contributed by atoms with Crippen molar-refractivity contribution in [1.82, 2.24) is 35.2 Å². The minimum absolute atomic E-state index is 0.0199. The molecule has 4 amide bonds. The smallest absolute Gasteiger partial charge is 0.287 e. The first-order valence-electron chi connectivity index (χ1n) is 19.3. The topological polar surface area (TPSA) is 245 Å². The van der Waals surface area contributed by atoms with Gasteiger partial charge < -0.3 is 31.1 Å². The Kier molecular flexibility index (Phi) is 12.2. The maximum Gasteiger partial charge on any atom is 0.287 e. The SMILES string of the molecule is CC(C)(O)c1cnnn1[C@H]1C[C@@H](C(=O)NC2(C(=O)C(N)=O)CCOCC2)N(C(=O)C(CC2CCCCC2)NC(=O)c2ccc(S(=O)(=O)NC3CC(F)(F)C3)cc2)C1. The van der Waals surface area contributed by atoms with Crippen molar-refractivity contribution in [1.29, 1.82) is 0 Å². The predicted octanol–water partition coefficient (Wildman–Crippen LogP) is 1.21. The predicted molar refractivity (Wildman–Crippen MR) is 197 cm³/mol. The Morgan fingerprint density at radius 3 is 2.30 bits per heavy atom. The number of ketones is 1. The molecule has 0 spiro atoms. The molecule has 20 heteroatoms. The zero-order valence-corrected chi connectivity index (χ0v) is 32.7. The average molecular weight is 821 g/mol. The normalized spacial score (nSPS) is 23.3. The van der Waals surface area contributed by atoms with E-state index in [9.17, 15) is 46.3 Å². The minimum atomic E-state index is -4.15. The summed E-state index contributed by atoms with van der Waals surface area (Å²) in [5.41, 5.74) is 2.70. The molecule has 2 saturated carbocycles. The van der Waals surface area contributed by atoms with Gasteiger partial charge in [-0.3, -0.25) is 24.0 Å². The van der Waals surface area contributed by atoms with Crippen molar-refractivity contribution >= 4 is 39.4 Å². The van der Waals surface area contributed by atoms with Crippen LogP contribution >= 0.6 is 0 Å². The third-order valence-electron chi connectivity index (χ3n) is 11.5. The molecule has 1 unspecified atom stereocenters. The first-order chi connectivity index (χ1) is 26.8. The highest BCUT2D eigenvalue weighted by molar-refractivity contribution is 7.89. The first kappa shape index (κ1) is 42.2. The maximum absolute atomic E-state index is 14.8. The van der Waals surface area contributed by atoms with E-state index in [-0.39, 0.29) is 61.8 Å². The summed E-state index contributed by atoms with van der Waals surface area (Å²) >= 11 is 0. The highest BCUT2D eigenvalue weighted by atomic mass is 32.2. The number of aromatic nitrogens is 3. The molecule has 3 heterocycles. The number of aliphatic hydroxyl groups is 1. The molecular formula is C37H50F2N8O9S. The van der Waals surface area contributed by atoms with Gasteiger partial charge in [0.2, 0.25) is 27.6 Å². The number of nitrogens with one attached hydrogen (secondary N) is 3. The molecule has 3 atom stereocenters. The summed E-state index contributed by atoms with van der Waals surface area (Å²) in [7, 11) is -4.15. The summed E-state index contributed by atoms with van der Waals surface area (Å²) in [4.78, 5) is 69.3. The Balaban J connectivity index is 1.27. The molecule has 2 saturated heterocycles. The fourth-order valence-corrected chi connectivity index (χ4v) is 9.59. The molecule has 6 rings (SSSR count). The lowest BCUT2D eigenvalue weighted by Gasteiger charge is -2.37. The summed E-state index contributed by atoms with van der Waals surface area (Å²) in [6.45, 7) is 3.13. The Hall–Kier alpha value is -4.40. The lowest BCUT2D eigenvalue weighted by molar-refractivity contribution is -0.147. The van der Waals surface area contributed by atoms with Gasteiger partial charge in [-0.05, 0) is 50.5 Å². The number of hydrogen-bond acceptors (Lipinski definition) is 11. The van der Waals surface area contributed by atoms with Crippen molar-refractivity contribution in [2.24, 2.45) is 11.7 Å². The Morgan fingerprint density at radius 1 is 1.05 bits per heavy atom. The number of alkyl halides is 2. The molecule has 2 aliphatic heterocycles. The van der Waals surface area contributed by atoms with Crippen molar-refractivity contribution in [3.63, 3.8) is 0 Å². The van der Waals surface area contributed by atoms with Crippen LogP contribution in [-0.2, 0) is 39.5 Å². The molecule has 2 aromatic rings. The summed E-state index contributed by atoms with van der Waals surface area (Å²) in [6, 6.07) is 0.920. The van der Waals surface area contributed by atoms with Crippen molar-refractivity contribution < 1.29 is 51.0 Å². The number of halogens is 2. The third kappa shape index (κ3) is 9.50. The van der Waals surface area contributed by atoms with Crippen LogP contribution < -0.4 is 21.1 Å². The number of likely N-dealkylation sites (tertiary alicyclic amines) is 1. The largest absolute Gasteiger partial charge is 0.384 e. The standard InChI is InChI=1S/C37H50F2N8O9S/c1-35(2,53)29-20-41-45-47(29)25-17-28(33(51)43-36(30(48)31(40)49)12-14-56-15-13-36)46(21-25)34(52)27(16-22-6-4-3-5-7-22)42-32(50)23-8-10-26(11-9-23)57(54,55)44-24-18-37(38,39)19-24/h8-11,20,22,24-25,27-28,44,53H,3-7,12-19,21H2,1-2H3,(H2,40,49)(H,42,50)(H,43,51)/t25-,27?,28-/m0/s1. The number of rotatable bonds is 14. The van der Waals surface area contributed by atoms with E-state index in [0.29, 0.717) is 5.69 Å². The zero-order chi connectivity index (χ0) is 41.3. The van der Waals surface area contributed by atoms with Gasteiger partial charge in [-0.1, -0.05) is 37.3 Å². The van der Waals surface area contributed by atoms with Gasteiger partial charge in [0, 0.05) is 63.5 Å². The summed E-state index contributed by atoms with van der Waals surface area (Å²) in [5.74, 6) is -7.10. The molecule has 1 aromatic carbocycles. The number of benzene rings is 1. The van der Waals surface area contributed by atoms with E-state index < -0.39 is 93.5 Å². The number of primary amides is 1. The van der Waals surface area contributed by atoms with Gasteiger partial charge in [-0.25, -0.2) is 26.6 Å². The summed E-state index contributed by atoms with van der Waals surface area (Å²) in [6.07, 6.45) is 4.86. The number of Topliss-reactive ketones (excluding diaryl/α,β-unsaturated/α-hetero) is 1. The van der Waals surface area contributed by atoms with E-state index in [1.807, 2.05) is 0 Å². The van der Waals surface area contributed by atoms with Gasteiger partial charge in [-0.2, -0.15) is 0 Å². The quantitative estimate of drug-likeness (QED) is 0.170. The minimum Gasteiger partial charge on any atom is -0.384 e. The van der Waals surface area contributed by atoms with Crippen LogP contribution in [0.2, 0.25) is 0 Å². The fraction of sp³-hybridized carbons (Fsp3) is 0.649. The molecule has 4 aliphatic rings. The highest BCUT2D eigenvalue weighted by Gasteiger charge is 2.50. The van der Waals surface area contributed by atoms with E-state index in [2.05, 4.69) is 25.7 Å². The van der Waals surface area contributed by atoms with Crippen molar-refractivity contribution in [2.45, 2.75) is 131 Å². The molecule has 17 nitrogen and oxygen atoms in total. The second-order valence-corrected chi connectivity index (χ2v) is 18.0. The van der Waals surface area contributed by atoms with E-state index in [1.165, 1.54) is 40.0 Å². The Morgan fingerprint density at radius 2 is 1.70 bits per heavy atom. The van der Waals surface area contributed by atoms with Crippen LogP contribution in [0.25, 0.3) is 0 Å². The van der Waals surface area contributed by atoms with Crippen molar-refractivity contribution in [3.05, 3.63) is 41.7 Å². The highest BCUT2D eigenvalue weighted by Crippen LogP contribution is 2.38. The lowest BCUT2D eigenvalue weighted by Crippen LogP contribution is -2.64. The van der Waals surface area contributed by atoms with Crippen molar-refractivity contribution in [2.75, 3.05) is 19.8 Å². The summed E-state index contributed by atoms with van der Waals surface area (Å²) in [5, 5.41) is 24.6. The van der Waals surface area contributed by atoms with Crippen LogP contribution in [0.5, 0.6) is 0 Å². The number of carbonyl (C=O) groups excluding carboxylic acids is 5. The molecule has 0 bridgehead atoms. The van der Waals surface area contributed by atoms with Gasteiger partial charge in [0.25, 0.3) is 17.7 Å². The number of nitrogens with zero attached hydrogens (tertiary/aromatic N) is 4. The second-order valence-electron chi connectivity index (χ2n) is 16.3. The molecule has 312 valence electrons. The number of amides is 4. The molecule has 0 radical (unpaired) electrons. The number of sulfonamides is 1. The monoisotopic (exact) mass is 820 g/mol. The van der Waals surface area contributed by atoms with Gasteiger partial charge in [0.05, 0.1) is 22.8 Å². The lowest BCUT2D eigenvalue weighted by atomic mass is 9.84. The number of hydrogen-bond donors (Lipinski definition) is 5. The molecular weight excluding hydrogens is 771 g/mol. The van der Waals surface area contributed by atoms with Crippen LogP contribution in [0, 0.1) is 5.92 Å². The molecule has 6 N–H and O–H groups in total. The van der Waals surface area contributed by atoms with Gasteiger partial charge in [0.15, 0.2) is 0 Å². The van der Waals surface area contributed by atoms with E-state index in [4.69, 9.17) is 10.5 Å². The van der Waals surface area contributed by atoms with E-state index in [1.54, 1.807) is 13.8 Å². The Labute approximate surface area is 328 Å². The van der Waals surface area contributed by atoms with Crippen LogP contribution in [-0.4, -0.2) is 112 Å². The Bertz CT molecular complexity index is 1950. The average Bonchev–Trinajstić information content (AvgIpc) is 3.83. The van der Waals surface area contributed by atoms with Crippen LogP contribution in [0.4, 0.5) is 8.78 Å². The fourth-order valence-electron chi connectivity index (χ4n) is 8.36. The molecule has 57 heavy (non-hydrogen) atoms. The van der Waals surface area contributed by atoms with E-state index >= 15 is 0 Å². The van der Waals surface area contributed by atoms with Crippen LogP contribution in [0.3, 0.4) is 0 Å². The first-order valence-corrected chi connectivity index (χ1v) is 20.8.